The summed E-state index contributed by atoms with van der Waals surface area (Å²) in [6.45, 7) is 1.07. The molecule has 1 aliphatic rings. The molecule has 2 aromatic rings. The molecule has 1 aliphatic heterocycles. The van der Waals surface area contributed by atoms with E-state index in [2.05, 4.69) is 57.0 Å². The van der Waals surface area contributed by atoms with Gasteiger partial charge in [-0.2, -0.15) is 0 Å². The minimum Gasteiger partial charge on any atom is -0.305 e. The Morgan fingerprint density at radius 1 is 1.31 bits per heavy atom. The molecule has 1 N–H and O–H groups in total. The monoisotopic (exact) mass is 293 g/mol. The third-order valence-electron chi connectivity index (χ3n) is 2.97. The number of thiophene rings is 1. The highest BCUT2D eigenvalue weighted by atomic mass is 79.9. The van der Waals surface area contributed by atoms with Crippen LogP contribution in [0.2, 0.25) is 0 Å². The van der Waals surface area contributed by atoms with Gasteiger partial charge in [-0.15, -0.1) is 11.3 Å². The number of rotatable bonds is 1. The van der Waals surface area contributed by atoms with E-state index in [1.54, 1.807) is 0 Å². The fourth-order valence-corrected chi connectivity index (χ4v) is 3.68. The molecule has 82 valence electrons. The molecule has 3 heteroatoms. The molecule has 1 atom stereocenters. The van der Waals surface area contributed by atoms with Gasteiger partial charge in [-0.1, -0.05) is 28.1 Å². The number of fused-ring (bicyclic) bond motifs is 1. The van der Waals surface area contributed by atoms with Crippen molar-refractivity contribution in [3.8, 4) is 0 Å². The van der Waals surface area contributed by atoms with Gasteiger partial charge in [-0.25, -0.2) is 0 Å². The Hall–Kier alpha value is -0.640. The van der Waals surface area contributed by atoms with E-state index in [1.165, 1.54) is 16.0 Å². The van der Waals surface area contributed by atoms with E-state index < -0.39 is 0 Å². The van der Waals surface area contributed by atoms with Gasteiger partial charge in [0.1, 0.15) is 0 Å². The first kappa shape index (κ1) is 10.5. The lowest BCUT2D eigenvalue weighted by Gasteiger charge is -2.24. The minimum atomic E-state index is 0.376. The highest BCUT2D eigenvalue weighted by molar-refractivity contribution is 9.10. The van der Waals surface area contributed by atoms with Crippen LogP contribution in [0.5, 0.6) is 0 Å². The van der Waals surface area contributed by atoms with Crippen LogP contribution in [0.4, 0.5) is 0 Å². The van der Waals surface area contributed by atoms with E-state index in [0.717, 1.165) is 17.4 Å². The van der Waals surface area contributed by atoms with E-state index in [0.29, 0.717) is 6.04 Å². The van der Waals surface area contributed by atoms with Crippen LogP contribution in [-0.4, -0.2) is 6.54 Å². The van der Waals surface area contributed by atoms with Gasteiger partial charge in [0.15, 0.2) is 0 Å². The quantitative estimate of drug-likeness (QED) is 0.844. The maximum absolute atomic E-state index is 3.59. The second kappa shape index (κ2) is 4.32. The third-order valence-corrected chi connectivity index (χ3v) is 4.48. The van der Waals surface area contributed by atoms with Gasteiger partial charge >= 0.3 is 0 Å². The lowest BCUT2D eigenvalue weighted by atomic mass is 9.98. The standard InChI is InChI=1S/C13H12BrNS/c14-11-3-1-2-10(8-11)12-13-9(4-6-15-12)5-7-16-13/h1-3,5,7-8,12,15H,4,6H2. The molecule has 0 aliphatic carbocycles. The first-order chi connectivity index (χ1) is 7.84. The molecule has 0 amide bonds. The minimum absolute atomic E-state index is 0.376. The Kier molecular flexibility index (Phi) is 2.84. The molecular weight excluding hydrogens is 282 g/mol. The van der Waals surface area contributed by atoms with Crippen LogP contribution in [0.25, 0.3) is 0 Å². The number of nitrogens with one attached hydrogen (secondary N) is 1. The summed E-state index contributed by atoms with van der Waals surface area (Å²) in [7, 11) is 0. The van der Waals surface area contributed by atoms with Crippen LogP contribution in [0, 0.1) is 0 Å². The van der Waals surface area contributed by atoms with Crippen molar-refractivity contribution in [2.45, 2.75) is 12.5 Å². The molecule has 2 heterocycles. The summed E-state index contributed by atoms with van der Waals surface area (Å²) in [5.41, 5.74) is 2.85. The fourth-order valence-electron chi connectivity index (χ4n) is 2.21. The number of benzene rings is 1. The van der Waals surface area contributed by atoms with E-state index in [1.807, 2.05) is 11.3 Å². The first-order valence-corrected chi connectivity index (χ1v) is 7.07. The maximum atomic E-state index is 3.59. The van der Waals surface area contributed by atoms with Crippen LogP contribution in [0.15, 0.2) is 40.2 Å². The Morgan fingerprint density at radius 3 is 3.12 bits per heavy atom. The van der Waals surface area contributed by atoms with Crippen molar-refractivity contribution >= 4 is 27.3 Å². The number of halogens is 1. The normalized spacial score (nSPS) is 19.4. The smallest absolute Gasteiger partial charge is 0.0674 e. The van der Waals surface area contributed by atoms with Gasteiger partial charge in [0.25, 0.3) is 0 Å². The van der Waals surface area contributed by atoms with Crippen molar-refractivity contribution in [2.75, 3.05) is 6.54 Å². The van der Waals surface area contributed by atoms with Crippen molar-refractivity contribution in [2.24, 2.45) is 0 Å². The average molecular weight is 294 g/mol. The summed E-state index contributed by atoms with van der Waals surface area (Å²) in [6.07, 6.45) is 1.16. The molecule has 0 fully saturated rings. The van der Waals surface area contributed by atoms with Crippen LogP contribution in [-0.2, 0) is 6.42 Å². The highest BCUT2D eigenvalue weighted by Gasteiger charge is 2.22. The predicted octanol–water partition coefficient (Wildman–Crippen LogP) is 3.75. The Balaban J connectivity index is 2.04. The highest BCUT2D eigenvalue weighted by Crippen LogP contribution is 2.33. The molecular formula is C13H12BrNS. The molecule has 0 spiro atoms. The molecule has 1 aromatic heterocycles. The van der Waals surface area contributed by atoms with Crippen LogP contribution >= 0.6 is 27.3 Å². The molecule has 0 bridgehead atoms. The largest absolute Gasteiger partial charge is 0.305 e. The Labute approximate surface area is 108 Å². The zero-order valence-corrected chi connectivity index (χ0v) is 11.1. The van der Waals surface area contributed by atoms with Gasteiger partial charge in [-0.3, -0.25) is 0 Å². The lowest BCUT2D eigenvalue weighted by molar-refractivity contribution is 0.578. The van der Waals surface area contributed by atoms with Crippen LogP contribution < -0.4 is 5.32 Å². The summed E-state index contributed by atoms with van der Waals surface area (Å²) in [4.78, 5) is 1.48. The molecule has 0 radical (unpaired) electrons. The van der Waals surface area contributed by atoms with E-state index in [-0.39, 0.29) is 0 Å². The molecule has 3 rings (SSSR count). The van der Waals surface area contributed by atoms with E-state index >= 15 is 0 Å². The van der Waals surface area contributed by atoms with Gasteiger partial charge in [-0.05, 0) is 41.1 Å². The lowest BCUT2D eigenvalue weighted by Crippen LogP contribution is -2.29. The topological polar surface area (TPSA) is 12.0 Å². The molecule has 0 saturated carbocycles. The fraction of sp³-hybridized carbons (Fsp3) is 0.231. The second-order valence-corrected chi connectivity index (χ2v) is 5.87. The summed E-state index contributed by atoms with van der Waals surface area (Å²) in [6, 6.07) is 11.2. The predicted molar refractivity (Wildman–Crippen MR) is 72.0 cm³/mol. The van der Waals surface area contributed by atoms with Crippen molar-refractivity contribution in [3.05, 3.63) is 56.2 Å². The zero-order chi connectivity index (χ0) is 11.0. The molecule has 1 unspecified atom stereocenters. The Morgan fingerprint density at radius 2 is 2.25 bits per heavy atom. The third kappa shape index (κ3) is 1.83. The summed E-state index contributed by atoms with van der Waals surface area (Å²) < 4.78 is 1.15. The average Bonchev–Trinajstić information content (AvgIpc) is 2.76. The van der Waals surface area contributed by atoms with Crippen molar-refractivity contribution in [1.82, 2.24) is 5.32 Å². The molecule has 0 saturated heterocycles. The SMILES string of the molecule is Brc1cccc(C2NCCc3ccsc32)c1. The van der Waals surface area contributed by atoms with E-state index in [9.17, 15) is 0 Å². The zero-order valence-electron chi connectivity index (χ0n) is 8.74. The molecule has 16 heavy (non-hydrogen) atoms. The Bertz CT molecular complexity index is 506. The first-order valence-electron chi connectivity index (χ1n) is 5.40. The van der Waals surface area contributed by atoms with Crippen molar-refractivity contribution in [3.63, 3.8) is 0 Å². The second-order valence-electron chi connectivity index (χ2n) is 4.00. The summed E-state index contributed by atoms with van der Waals surface area (Å²) in [5, 5.41) is 5.79. The number of hydrogen-bond donors (Lipinski definition) is 1. The van der Waals surface area contributed by atoms with E-state index in [4.69, 9.17) is 0 Å². The van der Waals surface area contributed by atoms with Crippen LogP contribution in [0.1, 0.15) is 22.0 Å². The van der Waals surface area contributed by atoms with Gasteiger partial charge < -0.3 is 5.32 Å². The summed E-state index contributed by atoms with van der Waals surface area (Å²) >= 11 is 5.39. The van der Waals surface area contributed by atoms with Gasteiger partial charge in [0, 0.05) is 15.9 Å². The van der Waals surface area contributed by atoms with Gasteiger partial charge in [0.05, 0.1) is 6.04 Å². The van der Waals surface area contributed by atoms with Crippen molar-refractivity contribution < 1.29 is 0 Å². The van der Waals surface area contributed by atoms with Crippen LogP contribution in [0.3, 0.4) is 0 Å². The number of hydrogen-bond acceptors (Lipinski definition) is 2. The summed E-state index contributed by atoms with van der Waals surface area (Å²) in [5.74, 6) is 0. The molecule has 1 aromatic carbocycles. The van der Waals surface area contributed by atoms with Gasteiger partial charge in [0.2, 0.25) is 0 Å². The maximum Gasteiger partial charge on any atom is 0.0674 e. The molecule has 1 nitrogen and oxygen atoms in total. The van der Waals surface area contributed by atoms with Crippen molar-refractivity contribution in [1.29, 1.82) is 0 Å².